The van der Waals surface area contributed by atoms with Gasteiger partial charge in [-0.25, -0.2) is 0 Å². The lowest BCUT2D eigenvalue weighted by atomic mass is 10.1. The Bertz CT molecular complexity index is 603. The highest BCUT2D eigenvalue weighted by molar-refractivity contribution is 5.37. The van der Waals surface area contributed by atoms with Crippen molar-refractivity contribution in [2.75, 3.05) is 6.61 Å². The Morgan fingerprint density at radius 3 is 2.70 bits per heavy atom. The van der Waals surface area contributed by atoms with Crippen LogP contribution in [0.4, 0.5) is 0 Å². The van der Waals surface area contributed by atoms with E-state index in [2.05, 4.69) is 12.1 Å². The highest BCUT2D eigenvalue weighted by Gasteiger charge is 2.22. The zero-order valence-corrected chi connectivity index (χ0v) is 11.1. The zero-order chi connectivity index (χ0) is 13.8. The van der Waals surface area contributed by atoms with E-state index in [1.807, 2.05) is 42.5 Å². The quantitative estimate of drug-likeness (QED) is 0.853. The van der Waals surface area contributed by atoms with Gasteiger partial charge in [-0.1, -0.05) is 30.3 Å². The van der Waals surface area contributed by atoms with E-state index in [-0.39, 0.29) is 6.10 Å². The fourth-order valence-corrected chi connectivity index (χ4v) is 2.33. The molecule has 3 rings (SSSR count). The molecule has 0 fully saturated rings. The summed E-state index contributed by atoms with van der Waals surface area (Å²) in [6, 6.07) is 17.9. The molecule has 0 saturated heterocycles. The number of benzene rings is 2. The lowest BCUT2D eigenvalue weighted by Crippen LogP contribution is -2.22. The highest BCUT2D eigenvalue weighted by atomic mass is 16.5. The van der Waals surface area contributed by atoms with Crippen molar-refractivity contribution in [1.29, 1.82) is 5.26 Å². The van der Waals surface area contributed by atoms with Gasteiger partial charge in [0.25, 0.3) is 0 Å². The third-order valence-corrected chi connectivity index (χ3v) is 3.36. The van der Waals surface area contributed by atoms with Crippen molar-refractivity contribution in [3.8, 4) is 17.6 Å². The Morgan fingerprint density at radius 1 is 1.15 bits per heavy atom. The zero-order valence-electron chi connectivity index (χ0n) is 11.1. The molecule has 0 radical (unpaired) electrons. The number of ether oxygens (including phenoxy) is 2. The van der Waals surface area contributed by atoms with E-state index in [1.165, 1.54) is 5.56 Å². The molecule has 1 heterocycles. The van der Waals surface area contributed by atoms with Crippen LogP contribution in [0.2, 0.25) is 0 Å². The molecule has 2 aromatic carbocycles. The van der Waals surface area contributed by atoms with Crippen molar-refractivity contribution in [2.45, 2.75) is 18.9 Å². The van der Waals surface area contributed by atoms with Crippen LogP contribution in [0.25, 0.3) is 0 Å². The van der Waals surface area contributed by atoms with Crippen LogP contribution in [0, 0.1) is 11.3 Å². The molecule has 3 heteroatoms. The molecule has 0 N–H and O–H groups in total. The first-order chi connectivity index (χ1) is 9.85. The molecular formula is C17H15NO2. The van der Waals surface area contributed by atoms with Gasteiger partial charge in [-0.15, -0.1) is 0 Å². The summed E-state index contributed by atoms with van der Waals surface area (Å²) in [6.45, 7) is 0.534. The minimum absolute atomic E-state index is 0.0752. The van der Waals surface area contributed by atoms with Gasteiger partial charge in [0.15, 0.2) is 0 Å². The van der Waals surface area contributed by atoms with Crippen LogP contribution in [-0.4, -0.2) is 12.7 Å². The van der Waals surface area contributed by atoms with E-state index in [0.29, 0.717) is 13.0 Å². The first-order valence-corrected chi connectivity index (χ1v) is 6.68. The van der Waals surface area contributed by atoms with E-state index in [4.69, 9.17) is 14.7 Å². The minimum Gasteiger partial charge on any atom is -0.490 e. The van der Waals surface area contributed by atoms with Gasteiger partial charge in [-0.3, -0.25) is 0 Å². The van der Waals surface area contributed by atoms with Crippen molar-refractivity contribution in [3.05, 3.63) is 59.7 Å². The van der Waals surface area contributed by atoms with Crippen LogP contribution in [0.5, 0.6) is 11.5 Å². The molecule has 0 bridgehead atoms. The molecule has 0 aliphatic carbocycles. The fourth-order valence-electron chi connectivity index (χ4n) is 2.33. The summed E-state index contributed by atoms with van der Waals surface area (Å²) in [5.41, 5.74) is 2.25. The molecule has 1 aliphatic heterocycles. The molecule has 1 unspecified atom stereocenters. The molecular weight excluding hydrogens is 250 g/mol. The predicted octanol–water partition coefficient (Wildman–Crippen LogP) is 3.14. The molecule has 2 aromatic rings. The van der Waals surface area contributed by atoms with E-state index in [0.717, 1.165) is 23.5 Å². The molecule has 100 valence electrons. The monoisotopic (exact) mass is 265 g/mol. The highest BCUT2D eigenvalue weighted by Crippen LogP contribution is 2.28. The number of nitriles is 1. The number of rotatable bonds is 4. The second kappa shape index (κ2) is 5.66. The van der Waals surface area contributed by atoms with Crippen LogP contribution in [-0.2, 0) is 12.8 Å². The van der Waals surface area contributed by atoms with E-state index in [1.54, 1.807) is 0 Å². The Hall–Kier alpha value is -2.47. The third kappa shape index (κ3) is 2.75. The van der Waals surface area contributed by atoms with E-state index >= 15 is 0 Å². The Morgan fingerprint density at radius 2 is 1.95 bits per heavy atom. The van der Waals surface area contributed by atoms with Gasteiger partial charge in [0.05, 0.1) is 12.5 Å². The van der Waals surface area contributed by atoms with Crippen molar-refractivity contribution in [2.24, 2.45) is 0 Å². The van der Waals surface area contributed by atoms with Crippen molar-refractivity contribution in [1.82, 2.24) is 0 Å². The van der Waals surface area contributed by atoms with Gasteiger partial charge in [0.2, 0.25) is 0 Å². The first-order valence-electron chi connectivity index (χ1n) is 6.68. The second-order valence-corrected chi connectivity index (χ2v) is 4.84. The molecule has 1 atom stereocenters. The van der Waals surface area contributed by atoms with Gasteiger partial charge in [-0.05, 0) is 29.3 Å². The van der Waals surface area contributed by atoms with Crippen molar-refractivity contribution < 1.29 is 9.47 Å². The average Bonchev–Trinajstić information content (AvgIpc) is 2.90. The number of para-hydroxylation sites is 1. The molecule has 0 spiro atoms. The maximum atomic E-state index is 8.62. The summed E-state index contributed by atoms with van der Waals surface area (Å²) in [5, 5.41) is 8.62. The Labute approximate surface area is 118 Å². The number of hydrogen-bond donors (Lipinski definition) is 0. The average molecular weight is 265 g/mol. The van der Waals surface area contributed by atoms with Crippen LogP contribution >= 0.6 is 0 Å². The van der Waals surface area contributed by atoms with Crippen LogP contribution < -0.4 is 9.47 Å². The van der Waals surface area contributed by atoms with Crippen molar-refractivity contribution in [3.63, 3.8) is 0 Å². The van der Waals surface area contributed by atoms with Gasteiger partial charge >= 0.3 is 0 Å². The predicted molar refractivity (Wildman–Crippen MR) is 75.8 cm³/mol. The summed E-state index contributed by atoms with van der Waals surface area (Å²) < 4.78 is 11.6. The van der Waals surface area contributed by atoms with Crippen LogP contribution in [0.1, 0.15) is 11.1 Å². The topological polar surface area (TPSA) is 42.2 Å². The lowest BCUT2D eigenvalue weighted by Gasteiger charge is -2.12. The standard InChI is InChI=1S/C17H15NO2/c18-10-9-13-5-7-15(8-6-13)19-12-16-11-14-3-1-2-4-17(14)20-16/h1-8,16H,9,11-12H2. The number of nitrogens with zero attached hydrogens (tertiary/aromatic N) is 1. The summed E-state index contributed by atoms with van der Waals surface area (Å²) in [4.78, 5) is 0. The van der Waals surface area contributed by atoms with Gasteiger partial charge < -0.3 is 9.47 Å². The fraction of sp³-hybridized carbons (Fsp3) is 0.235. The SMILES string of the molecule is N#CCc1ccc(OCC2Cc3ccccc3O2)cc1. The second-order valence-electron chi connectivity index (χ2n) is 4.84. The maximum Gasteiger partial charge on any atom is 0.137 e. The number of hydrogen-bond acceptors (Lipinski definition) is 3. The minimum atomic E-state index is 0.0752. The number of fused-ring (bicyclic) bond motifs is 1. The largest absolute Gasteiger partial charge is 0.490 e. The van der Waals surface area contributed by atoms with Crippen molar-refractivity contribution >= 4 is 0 Å². The summed E-state index contributed by atoms with van der Waals surface area (Å²) in [5.74, 6) is 1.77. The first kappa shape index (κ1) is 12.6. The molecule has 0 aromatic heterocycles. The normalized spacial score (nSPS) is 16.1. The van der Waals surface area contributed by atoms with E-state index in [9.17, 15) is 0 Å². The Kier molecular flexibility index (Phi) is 3.56. The molecule has 3 nitrogen and oxygen atoms in total. The third-order valence-electron chi connectivity index (χ3n) is 3.36. The smallest absolute Gasteiger partial charge is 0.137 e. The summed E-state index contributed by atoms with van der Waals surface area (Å²) in [7, 11) is 0. The van der Waals surface area contributed by atoms with Crippen LogP contribution in [0.3, 0.4) is 0 Å². The van der Waals surface area contributed by atoms with Crippen LogP contribution in [0.15, 0.2) is 48.5 Å². The van der Waals surface area contributed by atoms with Gasteiger partial charge in [0.1, 0.15) is 24.2 Å². The molecule has 1 aliphatic rings. The molecule has 0 saturated carbocycles. The molecule has 20 heavy (non-hydrogen) atoms. The summed E-state index contributed by atoms with van der Waals surface area (Å²) in [6.07, 6.45) is 1.40. The van der Waals surface area contributed by atoms with E-state index < -0.39 is 0 Å². The Balaban J connectivity index is 1.55. The van der Waals surface area contributed by atoms with Gasteiger partial charge in [0, 0.05) is 6.42 Å². The summed E-state index contributed by atoms with van der Waals surface area (Å²) >= 11 is 0. The van der Waals surface area contributed by atoms with Gasteiger partial charge in [-0.2, -0.15) is 5.26 Å². The molecule has 0 amide bonds. The lowest BCUT2D eigenvalue weighted by molar-refractivity contribution is 0.148. The maximum absolute atomic E-state index is 8.62.